The molecule has 0 aliphatic rings. The number of furan rings is 1. The first-order valence-corrected chi connectivity index (χ1v) is 10.5. The van der Waals surface area contributed by atoms with E-state index in [-0.39, 0.29) is 11.8 Å². The van der Waals surface area contributed by atoms with Crippen molar-refractivity contribution >= 4 is 58.2 Å². The van der Waals surface area contributed by atoms with E-state index in [4.69, 9.17) is 39.8 Å². The maximum Gasteiger partial charge on any atom is 0.416 e. The fraction of sp³-hybridized carbons (Fsp3) is 0.0909. The number of alkyl halides is 6. The van der Waals surface area contributed by atoms with E-state index >= 15 is 0 Å². The van der Waals surface area contributed by atoms with Gasteiger partial charge in [0.2, 0.25) is 5.91 Å². The van der Waals surface area contributed by atoms with E-state index in [1.807, 2.05) is 0 Å². The van der Waals surface area contributed by atoms with Crippen LogP contribution < -0.4 is 10.6 Å². The molecule has 3 aromatic rings. The van der Waals surface area contributed by atoms with E-state index in [1.54, 1.807) is 24.3 Å². The van der Waals surface area contributed by atoms with Gasteiger partial charge in [-0.25, -0.2) is 0 Å². The summed E-state index contributed by atoms with van der Waals surface area (Å²) in [5, 5.41) is 4.54. The van der Waals surface area contributed by atoms with Gasteiger partial charge in [-0.3, -0.25) is 10.1 Å². The molecular weight excluding hydrogens is 541 g/mol. The largest absolute Gasteiger partial charge is 0.457 e. The Morgan fingerprint density at radius 2 is 1.54 bits per heavy atom. The molecule has 4 nitrogen and oxygen atoms in total. The van der Waals surface area contributed by atoms with Crippen LogP contribution in [0.2, 0.25) is 10.0 Å². The molecule has 2 N–H and O–H groups in total. The Hall–Kier alpha value is -3.02. The molecule has 0 saturated carbocycles. The minimum atomic E-state index is -5.02. The molecule has 0 radical (unpaired) electrons. The first-order chi connectivity index (χ1) is 16.2. The van der Waals surface area contributed by atoms with Gasteiger partial charge < -0.3 is 9.73 Å². The molecule has 0 aliphatic heterocycles. The highest BCUT2D eigenvalue weighted by molar-refractivity contribution is 7.80. The molecule has 184 valence electrons. The van der Waals surface area contributed by atoms with Crippen molar-refractivity contribution in [2.24, 2.45) is 0 Å². The number of hydrogen-bond acceptors (Lipinski definition) is 3. The predicted molar refractivity (Wildman–Crippen MR) is 124 cm³/mol. The van der Waals surface area contributed by atoms with Crippen molar-refractivity contribution in [3.05, 3.63) is 81.5 Å². The van der Waals surface area contributed by atoms with Gasteiger partial charge in [-0.2, -0.15) is 26.3 Å². The van der Waals surface area contributed by atoms with Gasteiger partial charge in [0.1, 0.15) is 11.5 Å². The van der Waals surface area contributed by atoms with Crippen LogP contribution in [0.25, 0.3) is 17.4 Å². The van der Waals surface area contributed by atoms with E-state index in [2.05, 4.69) is 10.6 Å². The summed E-state index contributed by atoms with van der Waals surface area (Å²) >= 11 is 16.8. The minimum Gasteiger partial charge on any atom is -0.457 e. The highest BCUT2D eigenvalue weighted by Crippen LogP contribution is 2.37. The molecule has 0 unspecified atom stereocenters. The highest BCUT2D eigenvalue weighted by atomic mass is 35.5. The van der Waals surface area contributed by atoms with Crippen LogP contribution in [0, 0.1) is 0 Å². The van der Waals surface area contributed by atoms with Gasteiger partial charge in [0.25, 0.3) is 0 Å². The van der Waals surface area contributed by atoms with Crippen LogP contribution in [-0.2, 0) is 17.1 Å². The highest BCUT2D eigenvalue weighted by Gasteiger charge is 2.37. The van der Waals surface area contributed by atoms with Crippen LogP contribution in [0.1, 0.15) is 16.9 Å². The van der Waals surface area contributed by atoms with Crippen molar-refractivity contribution in [2.75, 3.05) is 5.32 Å². The Morgan fingerprint density at radius 3 is 2.11 bits per heavy atom. The predicted octanol–water partition coefficient (Wildman–Crippen LogP) is 7.82. The maximum absolute atomic E-state index is 13.0. The van der Waals surface area contributed by atoms with Crippen molar-refractivity contribution in [3.63, 3.8) is 0 Å². The first-order valence-electron chi connectivity index (χ1n) is 9.37. The van der Waals surface area contributed by atoms with Gasteiger partial charge in [-0.05, 0) is 66.8 Å². The van der Waals surface area contributed by atoms with Crippen molar-refractivity contribution in [2.45, 2.75) is 12.4 Å². The topological polar surface area (TPSA) is 54.3 Å². The van der Waals surface area contributed by atoms with Crippen LogP contribution in [-0.4, -0.2) is 11.0 Å². The molecule has 0 spiro atoms. The summed E-state index contributed by atoms with van der Waals surface area (Å²) in [7, 11) is 0. The number of carbonyl (C=O) groups excluding carboxylic acids is 1. The van der Waals surface area contributed by atoms with E-state index < -0.39 is 40.2 Å². The second-order valence-corrected chi connectivity index (χ2v) is 8.15. The molecule has 0 saturated heterocycles. The van der Waals surface area contributed by atoms with Crippen molar-refractivity contribution in [3.8, 4) is 11.3 Å². The number of thiocarbonyl (C=S) groups is 1. The number of rotatable bonds is 4. The standard InChI is InChI=1S/C22H12Cl2F6N2O2S/c23-13-1-4-16(17(24)10-13)18-5-2-15(34-18)3-6-19(33)32-20(35)31-14-8-11(21(25,26)27)7-12(9-14)22(28,29)30/h1-10H,(H2,31,32,33,35)/b6-3+. The zero-order chi connectivity index (χ0) is 26.0. The summed E-state index contributed by atoms with van der Waals surface area (Å²) in [6, 6.07) is 8.79. The molecule has 1 heterocycles. The zero-order valence-corrected chi connectivity index (χ0v) is 19.4. The third-order valence-corrected chi connectivity index (χ3v) is 5.06. The molecule has 1 aromatic heterocycles. The lowest BCUT2D eigenvalue weighted by Gasteiger charge is -2.15. The van der Waals surface area contributed by atoms with Crippen molar-refractivity contribution in [1.82, 2.24) is 5.32 Å². The van der Waals surface area contributed by atoms with Crippen molar-refractivity contribution in [1.29, 1.82) is 0 Å². The molecule has 0 atom stereocenters. The number of hydrogen-bond donors (Lipinski definition) is 2. The Kier molecular flexibility index (Phi) is 7.83. The van der Waals surface area contributed by atoms with E-state index in [0.29, 0.717) is 33.5 Å². The third kappa shape index (κ3) is 7.23. The molecule has 0 fully saturated rings. The van der Waals surface area contributed by atoms with Gasteiger partial charge in [0.15, 0.2) is 5.11 Å². The monoisotopic (exact) mass is 552 g/mol. The maximum atomic E-state index is 13.0. The number of nitrogens with one attached hydrogen (secondary N) is 2. The van der Waals surface area contributed by atoms with Gasteiger partial charge in [0.05, 0.1) is 16.1 Å². The van der Waals surface area contributed by atoms with Gasteiger partial charge in [-0.1, -0.05) is 23.2 Å². The van der Waals surface area contributed by atoms with Crippen molar-refractivity contribution < 1.29 is 35.6 Å². The minimum absolute atomic E-state index is 0.0234. The lowest BCUT2D eigenvalue weighted by Crippen LogP contribution is -2.33. The first kappa shape index (κ1) is 26.6. The Bertz CT molecular complexity index is 1270. The van der Waals surface area contributed by atoms with Gasteiger partial charge >= 0.3 is 12.4 Å². The Labute approximate surface area is 209 Å². The van der Waals surface area contributed by atoms with E-state index in [9.17, 15) is 31.1 Å². The molecule has 35 heavy (non-hydrogen) atoms. The molecule has 3 rings (SSSR count). The summed E-state index contributed by atoms with van der Waals surface area (Å²) in [4.78, 5) is 12.1. The lowest BCUT2D eigenvalue weighted by atomic mass is 10.1. The summed E-state index contributed by atoms with van der Waals surface area (Å²) in [5.41, 5.74) is -3.10. The molecular formula is C22H12Cl2F6N2O2S. The van der Waals surface area contributed by atoms with Crippen LogP contribution in [0.5, 0.6) is 0 Å². The zero-order valence-electron chi connectivity index (χ0n) is 17.0. The fourth-order valence-corrected chi connectivity index (χ4v) is 3.50. The molecule has 13 heteroatoms. The Balaban J connectivity index is 1.67. The van der Waals surface area contributed by atoms with Crippen LogP contribution in [0.4, 0.5) is 32.0 Å². The van der Waals surface area contributed by atoms with Gasteiger partial charge in [0, 0.05) is 22.3 Å². The SMILES string of the molecule is O=C(/C=C/c1ccc(-c2ccc(Cl)cc2Cl)o1)NC(=S)Nc1cc(C(F)(F)F)cc(C(F)(F)F)c1. The summed E-state index contributed by atoms with van der Waals surface area (Å²) in [6.07, 6.45) is -7.77. The number of benzene rings is 2. The summed E-state index contributed by atoms with van der Waals surface area (Å²) < 4.78 is 83.4. The van der Waals surface area contributed by atoms with Crippen LogP contribution >= 0.6 is 35.4 Å². The number of carbonyl (C=O) groups is 1. The van der Waals surface area contributed by atoms with Crippen LogP contribution in [0.3, 0.4) is 0 Å². The fourth-order valence-electron chi connectivity index (χ4n) is 2.78. The number of anilines is 1. The number of amides is 1. The average Bonchev–Trinajstić information content (AvgIpc) is 3.19. The van der Waals surface area contributed by atoms with Crippen LogP contribution in [0.15, 0.2) is 59.0 Å². The smallest absolute Gasteiger partial charge is 0.416 e. The lowest BCUT2D eigenvalue weighted by molar-refractivity contribution is -0.143. The second-order valence-electron chi connectivity index (χ2n) is 6.90. The molecule has 0 aliphatic carbocycles. The Morgan fingerprint density at radius 1 is 0.914 bits per heavy atom. The second kappa shape index (κ2) is 10.3. The normalized spacial score (nSPS) is 12.1. The summed E-state index contributed by atoms with van der Waals surface area (Å²) in [5.74, 6) is -0.158. The number of halogens is 8. The van der Waals surface area contributed by atoms with E-state index in [1.165, 1.54) is 12.1 Å². The van der Waals surface area contributed by atoms with E-state index in [0.717, 1.165) is 6.08 Å². The van der Waals surface area contributed by atoms with Gasteiger partial charge in [-0.15, -0.1) is 0 Å². The molecule has 0 bridgehead atoms. The molecule has 2 aromatic carbocycles. The molecule has 1 amide bonds. The average molecular weight is 553 g/mol. The summed E-state index contributed by atoms with van der Waals surface area (Å²) in [6.45, 7) is 0. The quantitative estimate of drug-likeness (QED) is 0.197. The third-order valence-electron chi connectivity index (χ3n) is 4.30.